The molecule has 0 bridgehead atoms. The van der Waals surface area contributed by atoms with Gasteiger partial charge in [-0.1, -0.05) is 19.8 Å². The molecule has 3 nitrogen and oxygen atoms in total. The van der Waals surface area contributed by atoms with Gasteiger partial charge in [-0.05, 0) is 31.4 Å². The summed E-state index contributed by atoms with van der Waals surface area (Å²) in [4.78, 5) is 7.24. The maximum absolute atomic E-state index is 5.56. The maximum Gasteiger partial charge on any atom is 0.153 e. The summed E-state index contributed by atoms with van der Waals surface area (Å²) in [7, 11) is 0. The highest BCUT2D eigenvalue weighted by atomic mass is 32.1. The van der Waals surface area contributed by atoms with Crippen LogP contribution in [0.1, 0.15) is 42.4 Å². The second-order valence-electron chi connectivity index (χ2n) is 4.18. The molecule has 16 heavy (non-hydrogen) atoms. The van der Waals surface area contributed by atoms with Gasteiger partial charge in [0.2, 0.25) is 0 Å². The normalized spacial score (nSPS) is 18.0. The molecule has 1 saturated carbocycles. The fraction of sp³-hybridized carbons (Fsp3) is 0.583. The predicted octanol–water partition coefficient (Wildman–Crippen LogP) is 2.46. The first-order chi connectivity index (χ1) is 7.83. The molecule has 0 saturated heterocycles. The number of hydrazine groups is 1. The van der Waals surface area contributed by atoms with Gasteiger partial charge in [-0.15, -0.1) is 11.3 Å². The van der Waals surface area contributed by atoms with E-state index in [-0.39, 0.29) is 0 Å². The van der Waals surface area contributed by atoms with Crippen LogP contribution < -0.4 is 11.3 Å². The minimum absolute atomic E-state index is 0.471. The van der Waals surface area contributed by atoms with E-state index in [1.54, 1.807) is 11.3 Å². The van der Waals surface area contributed by atoms with Gasteiger partial charge in [0.05, 0.1) is 10.9 Å². The number of aliphatic imine (C=N–C) groups is 1. The molecule has 1 fully saturated rings. The lowest BCUT2D eigenvalue weighted by atomic mass is 10.2. The topological polar surface area (TPSA) is 50.4 Å². The summed E-state index contributed by atoms with van der Waals surface area (Å²) in [5.41, 5.74) is 2.74. The number of thiophene rings is 1. The maximum atomic E-state index is 5.56. The second kappa shape index (κ2) is 5.46. The number of hydrogen-bond acceptors (Lipinski definition) is 3. The Morgan fingerprint density at radius 2 is 2.25 bits per heavy atom. The Kier molecular flexibility index (Phi) is 3.96. The summed E-state index contributed by atoms with van der Waals surface area (Å²) < 4.78 is 0. The Morgan fingerprint density at radius 1 is 1.50 bits per heavy atom. The molecule has 0 radical (unpaired) electrons. The lowest BCUT2D eigenvalue weighted by Gasteiger charge is -2.07. The van der Waals surface area contributed by atoms with E-state index in [9.17, 15) is 0 Å². The molecular formula is C12H19N3S. The van der Waals surface area contributed by atoms with Gasteiger partial charge in [0.25, 0.3) is 0 Å². The average molecular weight is 237 g/mol. The van der Waals surface area contributed by atoms with Crippen LogP contribution in [0.3, 0.4) is 0 Å². The molecule has 88 valence electrons. The van der Waals surface area contributed by atoms with Crippen LogP contribution in [0, 0.1) is 0 Å². The fourth-order valence-electron chi connectivity index (χ4n) is 2.08. The van der Waals surface area contributed by atoms with Crippen molar-refractivity contribution in [1.29, 1.82) is 0 Å². The summed E-state index contributed by atoms with van der Waals surface area (Å²) in [5, 5.41) is 0. The zero-order valence-corrected chi connectivity index (χ0v) is 10.5. The highest BCUT2D eigenvalue weighted by Crippen LogP contribution is 2.23. The van der Waals surface area contributed by atoms with E-state index in [4.69, 9.17) is 10.8 Å². The van der Waals surface area contributed by atoms with Crippen molar-refractivity contribution >= 4 is 17.2 Å². The number of amidine groups is 1. The molecule has 0 spiro atoms. The Morgan fingerprint density at radius 3 is 2.81 bits per heavy atom. The summed E-state index contributed by atoms with van der Waals surface area (Å²) in [6.45, 7) is 2.17. The lowest BCUT2D eigenvalue weighted by molar-refractivity contribution is 0.701. The lowest BCUT2D eigenvalue weighted by Crippen LogP contribution is -2.31. The Labute approximate surface area is 101 Å². The quantitative estimate of drug-likeness (QED) is 0.367. The van der Waals surface area contributed by atoms with Crippen LogP contribution in [0.2, 0.25) is 0 Å². The molecule has 3 N–H and O–H groups in total. The molecule has 1 heterocycles. The summed E-state index contributed by atoms with van der Waals surface area (Å²) in [6, 6.07) is 4.73. The monoisotopic (exact) mass is 237 g/mol. The molecule has 0 amide bonds. The van der Waals surface area contributed by atoms with E-state index >= 15 is 0 Å². The van der Waals surface area contributed by atoms with Gasteiger partial charge in [0.1, 0.15) is 0 Å². The molecule has 0 atom stereocenters. The van der Waals surface area contributed by atoms with Crippen LogP contribution in [0.25, 0.3) is 0 Å². The Balaban J connectivity index is 2.14. The minimum atomic E-state index is 0.471. The van der Waals surface area contributed by atoms with Crippen molar-refractivity contribution < 1.29 is 0 Å². The summed E-state index contributed by atoms with van der Waals surface area (Å²) >= 11 is 1.78. The number of nitrogens with two attached hydrogens (primary N) is 1. The number of nitrogens with zero attached hydrogens (tertiary/aromatic N) is 1. The molecular weight excluding hydrogens is 218 g/mol. The van der Waals surface area contributed by atoms with Crippen LogP contribution in [-0.4, -0.2) is 11.9 Å². The van der Waals surface area contributed by atoms with Gasteiger partial charge >= 0.3 is 0 Å². The van der Waals surface area contributed by atoms with Gasteiger partial charge in [-0.3, -0.25) is 4.99 Å². The summed E-state index contributed by atoms with van der Waals surface area (Å²) in [6.07, 6.45) is 6.09. The standard InChI is InChI=1S/C12H19N3S/c1-2-10-7-8-11(16-10)12(15-13)14-9-5-3-4-6-9/h7-9H,2-6,13H2,1H3,(H,14,15). The number of rotatable bonds is 3. The van der Waals surface area contributed by atoms with Crippen LogP contribution in [0.15, 0.2) is 17.1 Å². The zero-order valence-electron chi connectivity index (χ0n) is 9.70. The molecule has 1 aliphatic carbocycles. The molecule has 0 unspecified atom stereocenters. The Hall–Kier alpha value is -0.870. The first kappa shape index (κ1) is 11.6. The van der Waals surface area contributed by atoms with Gasteiger partial charge in [0.15, 0.2) is 5.84 Å². The third-order valence-electron chi connectivity index (χ3n) is 3.02. The van der Waals surface area contributed by atoms with E-state index in [1.165, 1.54) is 30.6 Å². The third-order valence-corrected chi connectivity index (χ3v) is 4.25. The smallest absolute Gasteiger partial charge is 0.153 e. The van der Waals surface area contributed by atoms with Crippen molar-refractivity contribution in [2.45, 2.75) is 45.1 Å². The summed E-state index contributed by atoms with van der Waals surface area (Å²) in [5.74, 6) is 6.42. The van der Waals surface area contributed by atoms with Crippen molar-refractivity contribution in [2.75, 3.05) is 0 Å². The number of nitrogens with one attached hydrogen (secondary N) is 1. The van der Waals surface area contributed by atoms with E-state index < -0.39 is 0 Å². The Bertz CT molecular complexity index is 364. The van der Waals surface area contributed by atoms with Crippen LogP contribution >= 0.6 is 11.3 Å². The largest absolute Gasteiger partial charge is 0.308 e. The first-order valence-corrected chi connectivity index (χ1v) is 6.78. The molecule has 0 aliphatic heterocycles. The molecule has 1 aromatic rings. The number of aryl methyl sites for hydroxylation is 1. The van der Waals surface area contributed by atoms with Crippen LogP contribution in [-0.2, 0) is 6.42 Å². The van der Waals surface area contributed by atoms with Crippen molar-refractivity contribution in [3.05, 3.63) is 21.9 Å². The fourth-order valence-corrected chi connectivity index (χ4v) is 2.99. The van der Waals surface area contributed by atoms with Gasteiger partial charge in [-0.25, -0.2) is 5.84 Å². The second-order valence-corrected chi connectivity index (χ2v) is 5.35. The molecule has 1 aliphatic rings. The predicted molar refractivity (Wildman–Crippen MR) is 69.8 cm³/mol. The van der Waals surface area contributed by atoms with Crippen molar-refractivity contribution in [3.63, 3.8) is 0 Å². The van der Waals surface area contributed by atoms with Gasteiger partial charge < -0.3 is 5.43 Å². The highest BCUT2D eigenvalue weighted by Gasteiger charge is 2.15. The number of hydrogen-bond donors (Lipinski definition) is 2. The van der Waals surface area contributed by atoms with Crippen molar-refractivity contribution in [1.82, 2.24) is 5.43 Å². The zero-order chi connectivity index (χ0) is 11.4. The van der Waals surface area contributed by atoms with E-state index in [0.29, 0.717) is 6.04 Å². The molecule has 4 heteroatoms. The van der Waals surface area contributed by atoms with Crippen molar-refractivity contribution in [2.24, 2.45) is 10.8 Å². The molecule has 0 aromatic carbocycles. The molecule has 1 aromatic heterocycles. The minimum Gasteiger partial charge on any atom is -0.308 e. The van der Waals surface area contributed by atoms with Gasteiger partial charge in [0, 0.05) is 4.88 Å². The molecule has 2 rings (SSSR count). The van der Waals surface area contributed by atoms with E-state index in [1.807, 2.05) is 0 Å². The average Bonchev–Trinajstić information content (AvgIpc) is 2.96. The van der Waals surface area contributed by atoms with Crippen LogP contribution in [0.4, 0.5) is 0 Å². The highest BCUT2D eigenvalue weighted by molar-refractivity contribution is 7.14. The van der Waals surface area contributed by atoms with E-state index in [2.05, 4.69) is 24.5 Å². The van der Waals surface area contributed by atoms with Crippen LogP contribution in [0.5, 0.6) is 0 Å². The third kappa shape index (κ3) is 2.62. The first-order valence-electron chi connectivity index (χ1n) is 5.97. The van der Waals surface area contributed by atoms with E-state index in [0.717, 1.165) is 17.1 Å². The van der Waals surface area contributed by atoms with Gasteiger partial charge in [-0.2, -0.15) is 0 Å². The van der Waals surface area contributed by atoms with Crippen molar-refractivity contribution in [3.8, 4) is 0 Å². The SMILES string of the molecule is CCc1ccc(C(=NC2CCCC2)NN)s1.